The predicted octanol–water partition coefficient (Wildman–Crippen LogP) is 4.00. The number of ether oxygens (including phenoxy) is 2. The molecule has 0 aromatic carbocycles. The maximum absolute atomic E-state index is 5.37. The van der Waals surface area contributed by atoms with E-state index in [9.17, 15) is 0 Å². The molecule has 0 saturated carbocycles. The molecule has 0 aliphatic carbocycles. The highest BCUT2D eigenvalue weighted by atomic mass is 33.1. The van der Waals surface area contributed by atoms with Crippen molar-refractivity contribution in [2.24, 2.45) is 0 Å². The molecule has 0 aromatic rings. The summed E-state index contributed by atoms with van der Waals surface area (Å²) in [6.07, 6.45) is 2.18. The molecule has 0 bridgehead atoms. The zero-order valence-electron chi connectivity index (χ0n) is 11.5. The molecule has 4 heteroatoms. The van der Waals surface area contributed by atoms with Gasteiger partial charge in [0.25, 0.3) is 0 Å². The first-order chi connectivity index (χ1) is 7.33. The summed E-state index contributed by atoms with van der Waals surface area (Å²) in [4.78, 5) is 0. The standard InChI is InChI=1S/C12H26O2S2/c1-11(2,13-5)7-9-15-16-10-8-12(3,4)14-6/h7-10H2,1-6H3. The van der Waals surface area contributed by atoms with E-state index in [1.807, 2.05) is 21.6 Å². The SMILES string of the molecule is COC(C)(C)CCSSCCC(C)(C)OC. The summed E-state index contributed by atoms with van der Waals surface area (Å²) in [7, 11) is 7.41. The van der Waals surface area contributed by atoms with Crippen LogP contribution in [0.2, 0.25) is 0 Å². The second kappa shape index (κ2) is 7.85. The second-order valence-corrected chi connectivity index (χ2v) is 7.77. The third-order valence-corrected chi connectivity index (χ3v) is 5.17. The Morgan fingerprint density at radius 1 is 0.750 bits per heavy atom. The second-order valence-electron chi connectivity index (χ2n) is 5.07. The van der Waals surface area contributed by atoms with Crippen LogP contribution in [-0.4, -0.2) is 36.9 Å². The number of hydrogen-bond acceptors (Lipinski definition) is 4. The average molecular weight is 266 g/mol. The van der Waals surface area contributed by atoms with Crippen LogP contribution in [0, 0.1) is 0 Å². The van der Waals surface area contributed by atoms with Crippen LogP contribution in [0.5, 0.6) is 0 Å². The molecule has 0 radical (unpaired) electrons. The van der Waals surface area contributed by atoms with Gasteiger partial charge in [0.15, 0.2) is 0 Å². The fourth-order valence-corrected chi connectivity index (χ4v) is 3.49. The molecule has 0 rings (SSSR count). The van der Waals surface area contributed by atoms with E-state index >= 15 is 0 Å². The van der Waals surface area contributed by atoms with Crippen molar-refractivity contribution >= 4 is 21.6 Å². The van der Waals surface area contributed by atoms with Crippen molar-refractivity contribution in [2.45, 2.75) is 51.7 Å². The minimum absolute atomic E-state index is 0.0133. The summed E-state index contributed by atoms with van der Waals surface area (Å²) in [5, 5.41) is 0. The zero-order valence-corrected chi connectivity index (χ0v) is 13.1. The molecular weight excluding hydrogens is 240 g/mol. The van der Waals surface area contributed by atoms with Crippen molar-refractivity contribution in [1.82, 2.24) is 0 Å². The van der Waals surface area contributed by atoms with E-state index in [1.165, 1.54) is 0 Å². The minimum atomic E-state index is 0.0133. The van der Waals surface area contributed by atoms with Gasteiger partial charge in [-0.1, -0.05) is 21.6 Å². The molecule has 98 valence electrons. The van der Waals surface area contributed by atoms with Gasteiger partial charge in [-0.3, -0.25) is 0 Å². The van der Waals surface area contributed by atoms with Gasteiger partial charge in [-0.15, -0.1) is 0 Å². The average Bonchev–Trinajstić information content (AvgIpc) is 2.23. The van der Waals surface area contributed by atoms with Crippen LogP contribution >= 0.6 is 21.6 Å². The van der Waals surface area contributed by atoms with E-state index in [1.54, 1.807) is 14.2 Å². The molecule has 16 heavy (non-hydrogen) atoms. The molecule has 0 N–H and O–H groups in total. The van der Waals surface area contributed by atoms with Crippen molar-refractivity contribution in [3.8, 4) is 0 Å². The summed E-state index contributed by atoms with van der Waals surface area (Å²) >= 11 is 0. The maximum Gasteiger partial charge on any atom is 0.0630 e. The molecule has 0 aliphatic heterocycles. The zero-order chi connectivity index (χ0) is 12.7. The van der Waals surface area contributed by atoms with Gasteiger partial charge in [-0.25, -0.2) is 0 Å². The summed E-state index contributed by atoms with van der Waals surface area (Å²) in [6, 6.07) is 0. The van der Waals surface area contributed by atoms with Crippen LogP contribution in [0.3, 0.4) is 0 Å². The molecule has 0 fully saturated rings. The predicted molar refractivity (Wildman–Crippen MR) is 76.3 cm³/mol. The van der Waals surface area contributed by atoms with Gasteiger partial charge in [0, 0.05) is 25.7 Å². The summed E-state index contributed by atoms with van der Waals surface area (Å²) in [6.45, 7) is 8.52. The smallest absolute Gasteiger partial charge is 0.0630 e. The molecule has 0 aliphatic rings. The molecule has 0 amide bonds. The van der Waals surface area contributed by atoms with Gasteiger partial charge in [0.2, 0.25) is 0 Å². The van der Waals surface area contributed by atoms with E-state index < -0.39 is 0 Å². The van der Waals surface area contributed by atoms with Crippen LogP contribution in [0.4, 0.5) is 0 Å². The quantitative estimate of drug-likeness (QED) is 0.463. The largest absolute Gasteiger partial charge is 0.379 e. The fourth-order valence-electron chi connectivity index (χ4n) is 0.897. The van der Waals surface area contributed by atoms with Crippen molar-refractivity contribution in [2.75, 3.05) is 25.7 Å². The molecule has 0 aromatic heterocycles. The first kappa shape index (κ1) is 16.6. The van der Waals surface area contributed by atoms with Crippen molar-refractivity contribution in [3.05, 3.63) is 0 Å². The lowest BCUT2D eigenvalue weighted by molar-refractivity contribution is 0.0203. The van der Waals surface area contributed by atoms with E-state index in [0.29, 0.717) is 0 Å². The Hall–Kier alpha value is 0.620. The fraction of sp³-hybridized carbons (Fsp3) is 1.00. The van der Waals surface area contributed by atoms with Crippen LogP contribution in [-0.2, 0) is 9.47 Å². The normalized spacial score (nSPS) is 13.1. The van der Waals surface area contributed by atoms with Crippen molar-refractivity contribution < 1.29 is 9.47 Å². The van der Waals surface area contributed by atoms with E-state index in [-0.39, 0.29) is 11.2 Å². The highest BCUT2D eigenvalue weighted by Crippen LogP contribution is 2.28. The molecule has 0 spiro atoms. The van der Waals surface area contributed by atoms with Crippen molar-refractivity contribution in [3.63, 3.8) is 0 Å². The Balaban J connectivity index is 3.42. The lowest BCUT2D eigenvalue weighted by atomic mass is 10.1. The number of hydrogen-bond donors (Lipinski definition) is 0. The third kappa shape index (κ3) is 8.74. The molecular formula is C12H26O2S2. The Bertz CT molecular complexity index is 162. The highest BCUT2D eigenvalue weighted by Gasteiger charge is 2.17. The lowest BCUT2D eigenvalue weighted by Gasteiger charge is -2.23. The Morgan fingerprint density at radius 3 is 1.31 bits per heavy atom. The van der Waals surface area contributed by atoms with Crippen LogP contribution in [0.25, 0.3) is 0 Å². The Kier molecular flexibility index (Phi) is 8.16. The highest BCUT2D eigenvalue weighted by molar-refractivity contribution is 8.76. The lowest BCUT2D eigenvalue weighted by Crippen LogP contribution is -2.23. The summed E-state index contributed by atoms with van der Waals surface area (Å²) in [5.74, 6) is 2.28. The first-order valence-electron chi connectivity index (χ1n) is 5.68. The van der Waals surface area contributed by atoms with Gasteiger partial charge in [0.1, 0.15) is 0 Å². The number of methoxy groups -OCH3 is 2. The third-order valence-electron chi connectivity index (χ3n) is 2.76. The number of rotatable bonds is 9. The molecule has 0 atom stereocenters. The van der Waals surface area contributed by atoms with Gasteiger partial charge in [-0.2, -0.15) is 0 Å². The van der Waals surface area contributed by atoms with Gasteiger partial charge in [-0.05, 0) is 40.5 Å². The maximum atomic E-state index is 5.37. The van der Waals surface area contributed by atoms with Crippen molar-refractivity contribution in [1.29, 1.82) is 0 Å². The molecule has 2 nitrogen and oxygen atoms in total. The van der Waals surface area contributed by atoms with E-state index in [4.69, 9.17) is 9.47 Å². The molecule has 0 unspecified atom stereocenters. The Labute approximate surface area is 109 Å². The first-order valence-corrected chi connectivity index (χ1v) is 8.16. The molecule has 0 saturated heterocycles. The van der Waals surface area contributed by atoms with Crippen LogP contribution in [0.15, 0.2) is 0 Å². The minimum Gasteiger partial charge on any atom is -0.379 e. The van der Waals surface area contributed by atoms with Crippen LogP contribution in [0.1, 0.15) is 40.5 Å². The summed E-state index contributed by atoms with van der Waals surface area (Å²) in [5.41, 5.74) is 0.0265. The molecule has 0 heterocycles. The van der Waals surface area contributed by atoms with Gasteiger partial charge >= 0.3 is 0 Å². The van der Waals surface area contributed by atoms with E-state index in [2.05, 4.69) is 27.7 Å². The van der Waals surface area contributed by atoms with Gasteiger partial charge in [0.05, 0.1) is 11.2 Å². The summed E-state index contributed by atoms with van der Waals surface area (Å²) < 4.78 is 10.7. The van der Waals surface area contributed by atoms with Gasteiger partial charge < -0.3 is 9.47 Å². The Morgan fingerprint density at radius 2 is 1.06 bits per heavy atom. The monoisotopic (exact) mass is 266 g/mol. The topological polar surface area (TPSA) is 18.5 Å². The van der Waals surface area contributed by atoms with Crippen LogP contribution < -0.4 is 0 Å². The van der Waals surface area contributed by atoms with E-state index in [0.717, 1.165) is 24.3 Å².